The molecule has 1 aromatic rings. The van der Waals surface area contributed by atoms with Gasteiger partial charge in [-0.05, 0) is 18.1 Å². The minimum Gasteiger partial charge on any atom is -0.490 e. The van der Waals surface area contributed by atoms with Gasteiger partial charge in [0, 0.05) is 11.2 Å². The van der Waals surface area contributed by atoms with Gasteiger partial charge in [-0.25, -0.2) is 4.39 Å². The Balaban J connectivity index is 2.53. The Labute approximate surface area is 98.8 Å². The topological polar surface area (TPSA) is 9.23 Å². The molecule has 0 bridgehead atoms. The molecule has 0 aliphatic heterocycles. The van der Waals surface area contributed by atoms with Crippen LogP contribution in [-0.2, 0) is 0 Å². The molecule has 3 heteroatoms. The van der Waals surface area contributed by atoms with E-state index in [9.17, 15) is 4.39 Å². The van der Waals surface area contributed by atoms with E-state index >= 15 is 0 Å². The van der Waals surface area contributed by atoms with Gasteiger partial charge in [-0.3, -0.25) is 0 Å². The molecule has 0 spiro atoms. The summed E-state index contributed by atoms with van der Waals surface area (Å²) in [5.74, 6) is 0.972. The summed E-state index contributed by atoms with van der Waals surface area (Å²) >= 11 is 3.43. The third-order valence-corrected chi connectivity index (χ3v) is 3.26. The van der Waals surface area contributed by atoms with Crippen molar-refractivity contribution in [1.29, 1.82) is 0 Å². The molecular formula is C12H16BrFO. The zero-order valence-corrected chi connectivity index (χ0v) is 10.6. The van der Waals surface area contributed by atoms with Crippen LogP contribution >= 0.6 is 15.9 Å². The first-order chi connectivity index (χ1) is 7.15. The van der Waals surface area contributed by atoms with Crippen LogP contribution in [0.25, 0.3) is 0 Å². The summed E-state index contributed by atoms with van der Waals surface area (Å²) in [6.07, 6.45) is 0. The Bertz CT molecular complexity index is 301. The van der Waals surface area contributed by atoms with E-state index in [2.05, 4.69) is 29.8 Å². The van der Waals surface area contributed by atoms with E-state index in [0.717, 1.165) is 5.33 Å². The second-order valence-corrected chi connectivity index (χ2v) is 4.55. The first-order valence-corrected chi connectivity index (χ1v) is 6.20. The smallest absolute Gasteiger partial charge is 0.165 e. The average molecular weight is 275 g/mol. The van der Waals surface area contributed by atoms with Gasteiger partial charge in [0.1, 0.15) is 0 Å². The van der Waals surface area contributed by atoms with Crippen molar-refractivity contribution < 1.29 is 9.13 Å². The Morgan fingerprint density at radius 2 is 2.00 bits per heavy atom. The lowest BCUT2D eigenvalue weighted by molar-refractivity contribution is 0.219. The molecule has 0 amide bonds. The highest BCUT2D eigenvalue weighted by Crippen LogP contribution is 2.19. The van der Waals surface area contributed by atoms with Crippen molar-refractivity contribution in [2.45, 2.75) is 13.8 Å². The first-order valence-electron chi connectivity index (χ1n) is 5.08. The molecule has 0 N–H and O–H groups in total. The van der Waals surface area contributed by atoms with Crippen molar-refractivity contribution in [2.75, 3.05) is 11.9 Å². The van der Waals surface area contributed by atoms with E-state index in [-0.39, 0.29) is 5.82 Å². The highest BCUT2D eigenvalue weighted by molar-refractivity contribution is 9.09. The number of para-hydroxylation sites is 1. The van der Waals surface area contributed by atoms with Crippen molar-refractivity contribution in [3.63, 3.8) is 0 Å². The van der Waals surface area contributed by atoms with E-state index in [1.54, 1.807) is 18.2 Å². The molecular weight excluding hydrogens is 259 g/mol. The summed E-state index contributed by atoms with van der Waals surface area (Å²) in [6.45, 7) is 4.82. The number of benzene rings is 1. The van der Waals surface area contributed by atoms with Gasteiger partial charge in [0.05, 0.1) is 6.61 Å². The van der Waals surface area contributed by atoms with Crippen LogP contribution in [0, 0.1) is 17.7 Å². The quantitative estimate of drug-likeness (QED) is 0.741. The molecule has 0 aliphatic carbocycles. The van der Waals surface area contributed by atoms with Crippen LogP contribution in [0.1, 0.15) is 13.8 Å². The summed E-state index contributed by atoms with van der Waals surface area (Å²) in [5, 5.41) is 0.874. The Morgan fingerprint density at radius 1 is 1.33 bits per heavy atom. The summed E-state index contributed by atoms with van der Waals surface area (Å²) in [6, 6.07) is 6.50. The normalized spacial score (nSPS) is 12.9. The zero-order valence-electron chi connectivity index (χ0n) is 9.04. The maximum absolute atomic E-state index is 13.2. The number of halogens is 2. The van der Waals surface area contributed by atoms with Crippen molar-refractivity contribution in [3.8, 4) is 5.75 Å². The van der Waals surface area contributed by atoms with Gasteiger partial charge in [-0.1, -0.05) is 41.9 Å². The lowest BCUT2D eigenvalue weighted by Crippen LogP contribution is -2.19. The second kappa shape index (κ2) is 6.11. The Kier molecular flexibility index (Phi) is 5.09. The third kappa shape index (κ3) is 3.82. The molecule has 0 aromatic heterocycles. The van der Waals surface area contributed by atoms with E-state index < -0.39 is 0 Å². The molecule has 1 rings (SSSR count). The Hall–Kier alpha value is -0.570. The van der Waals surface area contributed by atoms with Gasteiger partial charge in [0.15, 0.2) is 11.6 Å². The monoisotopic (exact) mass is 274 g/mol. The van der Waals surface area contributed by atoms with Gasteiger partial charge >= 0.3 is 0 Å². The molecule has 0 radical (unpaired) electrons. The summed E-state index contributed by atoms with van der Waals surface area (Å²) in [4.78, 5) is 0. The van der Waals surface area contributed by atoms with Crippen molar-refractivity contribution in [2.24, 2.45) is 11.8 Å². The van der Waals surface area contributed by atoms with E-state index in [1.165, 1.54) is 6.07 Å². The van der Waals surface area contributed by atoms with Crippen LogP contribution in [0.3, 0.4) is 0 Å². The minimum absolute atomic E-state index is 0.297. The Morgan fingerprint density at radius 3 is 2.53 bits per heavy atom. The van der Waals surface area contributed by atoms with E-state index in [4.69, 9.17) is 4.74 Å². The van der Waals surface area contributed by atoms with Crippen molar-refractivity contribution in [1.82, 2.24) is 0 Å². The second-order valence-electron chi connectivity index (χ2n) is 3.90. The fraction of sp³-hybridized carbons (Fsp3) is 0.500. The summed E-state index contributed by atoms with van der Waals surface area (Å²) in [7, 11) is 0. The SMILES string of the molecule is CC(C)C(CBr)COc1ccccc1F. The fourth-order valence-electron chi connectivity index (χ4n) is 1.17. The van der Waals surface area contributed by atoms with Gasteiger partial charge in [0.25, 0.3) is 0 Å². The molecule has 0 heterocycles. The molecule has 1 atom stereocenters. The maximum atomic E-state index is 13.2. The number of hydrogen-bond donors (Lipinski definition) is 0. The first kappa shape index (κ1) is 12.5. The zero-order chi connectivity index (χ0) is 11.3. The molecule has 1 unspecified atom stereocenters. The summed E-state index contributed by atoms with van der Waals surface area (Å²) < 4.78 is 18.7. The van der Waals surface area contributed by atoms with Crippen LogP contribution in [0.5, 0.6) is 5.75 Å². The van der Waals surface area contributed by atoms with E-state index in [1.807, 2.05) is 0 Å². The van der Waals surface area contributed by atoms with Gasteiger partial charge in [-0.15, -0.1) is 0 Å². The van der Waals surface area contributed by atoms with E-state index in [0.29, 0.717) is 24.2 Å². The predicted octanol–water partition coefficient (Wildman–Crippen LogP) is 3.87. The third-order valence-electron chi connectivity index (χ3n) is 2.43. The van der Waals surface area contributed by atoms with Crippen molar-refractivity contribution >= 4 is 15.9 Å². The molecule has 0 saturated carbocycles. The molecule has 84 valence electrons. The van der Waals surface area contributed by atoms with Crippen molar-refractivity contribution in [3.05, 3.63) is 30.1 Å². The highest BCUT2D eigenvalue weighted by atomic mass is 79.9. The van der Waals surface area contributed by atoms with Crippen LogP contribution < -0.4 is 4.74 Å². The molecule has 0 aliphatic rings. The van der Waals surface area contributed by atoms with Gasteiger partial charge in [0.2, 0.25) is 0 Å². The number of alkyl halides is 1. The highest BCUT2D eigenvalue weighted by Gasteiger charge is 2.13. The lowest BCUT2D eigenvalue weighted by Gasteiger charge is -2.18. The molecule has 0 fully saturated rings. The molecule has 1 aromatic carbocycles. The predicted molar refractivity (Wildman–Crippen MR) is 64.0 cm³/mol. The van der Waals surface area contributed by atoms with Crippen LogP contribution in [0.2, 0.25) is 0 Å². The number of hydrogen-bond acceptors (Lipinski definition) is 1. The lowest BCUT2D eigenvalue weighted by atomic mass is 9.99. The fourth-order valence-corrected chi connectivity index (χ4v) is 2.11. The average Bonchev–Trinajstić information content (AvgIpc) is 2.21. The largest absolute Gasteiger partial charge is 0.490 e. The van der Waals surface area contributed by atoms with Crippen LogP contribution in [0.15, 0.2) is 24.3 Å². The minimum atomic E-state index is -0.297. The number of ether oxygens (including phenoxy) is 1. The van der Waals surface area contributed by atoms with Gasteiger partial charge < -0.3 is 4.74 Å². The van der Waals surface area contributed by atoms with Gasteiger partial charge in [-0.2, -0.15) is 0 Å². The molecule has 15 heavy (non-hydrogen) atoms. The standard InChI is InChI=1S/C12H16BrFO/c1-9(2)10(7-13)8-15-12-6-4-3-5-11(12)14/h3-6,9-10H,7-8H2,1-2H3. The number of rotatable bonds is 5. The molecule has 1 nitrogen and oxygen atoms in total. The van der Waals surface area contributed by atoms with Crippen LogP contribution in [-0.4, -0.2) is 11.9 Å². The molecule has 0 saturated heterocycles. The maximum Gasteiger partial charge on any atom is 0.165 e. The van der Waals surface area contributed by atoms with Crippen LogP contribution in [0.4, 0.5) is 4.39 Å². The summed E-state index contributed by atoms with van der Waals surface area (Å²) in [5.41, 5.74) is 0.